The van der Waals surface area contributed by atoms with Crippen LogP contribution in [-0.2, 0) is 11.2 Å². The quantitative estimate of drug-likeness (QED) is 0.668. The van der Waals surface area contributed by atoms with Crippen LogP contribution in [0.3, 0.4) is 0 Å². The smallest absolute Gasteiger partial charge is 0.251 e. The van der Waals surface area contributed by atoms with E-state index in [4.69, 9.17) is 0 Å². The van der Waals surface area contributed by atoms with E-state index in [1.54, 1.807) is 0 Å². The van der Waals surface area contributed by atoms with E-state index in [1.807, 2.05) is 11.8 Å². The zero-order valence-corrected chi connectivity index (χ0v) is 14.2. The number of hydrogen-bond donors (Lipinski definition) is 1. The molecule has 2 heterocycles. The number of nitrogens with one attached hydrogen (secondary N) is 1. The highest BCUT2D eigenvalue weighted by atomic mass is 32.2. The van der Waals surface area contributed by atoms with Crippen LogP contribution in [0.5, 0.6) is 0 Å². The van der Waals surface area contributed by atoms with Crippen molar-refractivity contribution in [2.75, 3.05) is 13.1 Å². The maximum absolute atomic E-state index is 12.5. The normalized spacial score (nSPS) is 17.1. The molecule has 1 aromatic rings. The molecule has 0 spiro atoms. The molecule has 1 aliphatic rings. The van der Waals surface area contributed by atoms with Crippen molar-refractivity contribution in [1.29, 1.82) is 0 Å². The Balaban J connectivity index is 2.02. The van der Waals surface area contributed by atoms with E-state index in [9.17, 15) is 9.59 Å². The molecule has 1 aromatic heterocycles. The second-order valence-electron chi connectivity index (χ2n) is 5.79. The third-order valence-corrected chi connectivity index (χ3v) is 4.80. The molecule has 5 nitrogen and oxygen atoms in total. The van der Waals surface area contributed by atoms with Gasteiger partial charge in [-0.25, -0.2) is 4.98 Å². The Labute approximate surface area is 135 Å². The molecule has 1 atom stereocenters. The molecule has 1 saturated heterocycles. The Hall–Kier alpha value is -1.30. The maximum atomic E-state index is 12.5. The van der Waals surface area contributed by atoms with Crippen LogP contribution in [0.25, 0.3) is 0 Å². The second-order valence-corrected chi connectivity index (χ2v) is 7.12. The molecule has 22 heavy (non-hydrogen) atoms. The Morgan fingerprint density at radius 1 is 1.36 bits per heavy atom. The van der Waals surface area contributed by atoms with Crippen LogP contribution in [0, 0.1) is 0 Å². The van der Waals surface area contributed by atoms with Gasteiger partial charge in [-0.05, 0) is 26.2 Å². The van der Waals surface area contributed by atoms with Gasteiger partial charge in [0.05, 0.1) is 5.25 Å². The number of rotatable bonds is 5. The monoisotopic (exact) mass is 323 g/mol. The molecular weight excluding hydrogens is 298 g/mol. The predicted molar refractivity (Wildman–Crippen MR) is 89.2 cm³/mol. The zero-order valence-electron chi connectivity index (χ0n) is 13.4. The second kappa shape index (κ2) is 8.36. The summed E-state index contributed by atoms with van der Waals surface area (Å²) in [5, 5.41) is 0.324. The molecular formula is C16H25N3O2S. The number of aromatic amines is 1. The van der Waals surface area contributed by atoms with Gasteiger partial charge < -0.3 is 9.88 Å². The van der Waals surface area contributed by atoms with Gasteiger partial charge in [-0.1, -0.05) is 37.9 Å². The summed E-state index contributed by atoms with van der Waals surface area (Å²) in [6, 6.07) is 1.54. The topological polar surface area (TPSA) is 66.1 Å². The molecule has 1 unspecified atom stereocenters. The summed E-state index contributed by atoms with van der Waals surface area (Å²) in [4.78, 5) is 33.4. The van der Waals surface area contributed by atoms with Gasteiger partial charge in [-0.15, -0.1) is 0 Å². The Morgan fingerprint density at radius 2 is 2.05 bits per heavy atom. The van der Waals surface area contributed by atoms with Gasteiger partial charge >= 0.3 is 0 Å². The lowest BCUT2D eigenvalue weighted by Gasteiger charge is -2.23. The van der Waals surface area contributed by atoms with Crippen molar-refractivity contribution in [2.24, 2.45) is 0 Å². The lowest BCUT2D eigenvalue weighted by Crippen LogP contribution is -2.37. The van der Waals surface area contributed by atoms with Gasteiger partial charge in [-0.2, -0.15) is 0 Å². The molecule has 0 radical (unpaired) electrons. The van der Waals surface area contributed by atoms with Gasteiger partial charge in [-0.3, -0.25) is 9.59 Å². The zero-order chi connectivity index (χ0) is 15.9. The molecule has 0 saturated carbocycles. The first-order valence-electron chi connectivity index (χ1n) is 8.16. The van der Waals surface area contributed by atoms with E-state index < -0.39 is 0 Å². The highest BCUT2D eigenvalue weighted by molar-refractivity contribution is 8.00. The van der Waals surface area contributed by atoms with Crippen LogP contribution < -0.4 is 5.56 Å². The summed E-state index contributed by atoms with van der Waals surface area (Å²) < 4.78 is 0. The minimum absolute atomic E-state index is 0.143. The van der Waals surface area contributed by atoms with Crippen molar-refractivity contribution in [2.45, 2.75) is 62.8 Å². The highest BCUT2D eigenvalue weighted by Crippen LogP contribution is 2.22. The molecule has 2 rings (SSSR count). The number of thioether (sulfide) groups is 1. The minimum Gasteiger partial charge on any atom is -0.342 e. The summed E-state index contributed by atoms with van der Waals surface area (Å²) in [7, 11) is 0. The summed E-state index contributed by atoms with van der Waals surface area (Å²) in [5.41, 5.74) is 0.651. The number of H-pyrrole nitrogens is 1. The van der Waals surface area contributed by atoms with Gasteiger partial charge in [0, 0.05) is 24.8 Å². The number of likely N-dealkylation sites (tertiary alicyclic amines) is 1. The van der Waals surface area contributed by atoms with Crippen molar-refractivity contribution >= 4 is 17.7 Å². The lowest BCUT2D eigenvalue weighted by atomic mass is 10.2. The summed E-state index contributed by atoms with van der Waals surface area (Å²) >= 11 is 1.35. The van der Waals surface area contributed by atoms with Gasteiger partial charge in [0.2, 0.25) is 5.91 Å². The first kappa shape index (κ1) is 17.1. The molecule has 0 aromatic carbocycles. The number of aryl methyl sites for hydroxylation is 1. The first-order chi connectivity index (χ1) is 10.6. The van der Waals surface area contributed by atoms with Crippen LogP contribution in [0.1, 0.15) is 51.6 Å². The molecule has 1 aliphatic heterocycles. The SMILES string of the molecule is CCCc1cc(=O)[nH]c(SC(C)C(=O)N2CCCCCC2)n1. The number of hydrogen-bond acceptors (Lipinski definition) is 4. The third kappa shape index (κ3) is 4.87. The molecule has 6 heteroatoms. The first-order valence-corrected chi connectivity index (χ1v) is 9.04. The Kier molecular flexibility index (Phi) is 6.49. The van der Waals surface area contributed by atoms with Gasteiger partial charge in [0.1, 0.15) is 0 Å². The molecule has 122 valence electrons. The van der Waals surface area contributed by atoms with Gasteiger partial charge in [0.15, 0.2) is 5.16 Å². The molecule has 0 aliphatic carbocycles. The van der Waals surface area contributed by atoms with Crippen LogP contribution in [0.15, 0.2) is 16.0 Å². The largest absolute Gasteiger partial charge is 0.342 e. The molecule has 1 N–H and O–H groups in total. The highest BCUT2D eigenvalue weighted by Gasteiger charge is 2.23. The number of carbonyl (C=O) groups is 1. The number of carbonyl (C=O) groups excluding carboxylic acids is 1. The van der Waals surface area contributed by atoms with Crippen molar-refractivity contribution < 1.29 is 4.79 Å². The maximum Gasteiger partial charge on any atom is 0.251 e. The van der Waals surface area contributed by atoms with Crippen LogP contribution in [-0.4, -0.2) is 39.1 Å². The average molecular weight is 323 g/mol. The molecule has 0 bridgehead atoms. The van der Waals surface area contributed by atoms with Crippen molar-refractivity contribution in [3.63, 3.8) is 0 Å². The fourth-order valence-corrected chi connectivity index (χ4v) is 3.60. The van der Waals surface area contributed by atoms with E-state index in [-0.39, 0.29) is 16.7 Å². The van der Waals surface area contributed by atoms with E-state index in [1.165, 1.54) is 30.7 Å². The average Bonchev–Trinajstić information content (AvgIpc) is 2.75. The summed E-state index contributed by atoms with van der Waals surface area (Å²) in [5.74, 6) is 0.149. The van der Waals surface area contributed by atoms with E-state index in [0.29, 0.717) is 5.16 Å². The summed E-state index contributed by atoms with van der Waals surface area (Å²) in [6.07, 6.45) is 6.32. The predicted octanol–water partition coefficient (Wildman–Crippen LogP) is 2.61. The Morgan fingerprint density at radius 3 is 2.68 bits per heavy atom. The van der Waals surface area contributed by atoms with Gasteiger partial charge in [0.25, 0.3) is 5.56 Å². The molecule has 1 fully saturated rings. The number of nitrogens with zero attached hydrogens (tertiary/aromatic N) is 2. The van der Waals surface area contributed by atoms with E-state index in [2.05, 4.69) is 16.9 Å². The fraction of sp³-hybridized carbons (Fsp3) is 0.688. The third-order valence-electron chi connectivity index (χ3n) is 3.83. The Bertz CT molecular complexity index is 551. The van der Waals surface area contributed by atoms with E-state index >= 15 is 0 Å². The standard InChI is InChI=1S/C16H25N3O2S/c1-3-8-13-11-14(20)18-16(17-13)22-12(2)15(21)19-9-6-4-5-7-10-19/h11-12H,3-10H2,1-2H3,(H,17,18,20). The van der Waals surface area contributed by atoms with E-state index in [0.717, 1.165) is 44.5 Å². The van der Waals surface area contributed by atoms with Crippen molar-refractivity contribution in [3.05, 3.63) is 22.1 Å². The minimum atomic E-state index is -0.224. The lowest BCUT2D eigenvalue weighted by molar-refractivity contribution is -0.130. The van der Waals surface area contributed by atoms with Crippen LogP contribution in [0.2, 0.25) is 0 Å². The van der Waals surface area contributed by atoms with Crippen LogP contribution in [0.4, 0.5) is 0 Å². The van der Waals surface area contributed by atoms with Crippen molar-refractivity contribution in [3.8, 4) is 0 Å². The summed E-state index contributed by atoms with van der Waals surface area (Å²) in [6.45, 7) is 5.65. The number of amides is 1. The fourth-order valence-electron chi connectivity index (χ4n) is 2.69. The van der Waals surface area contributed by atoms with Crippen molar-refractivity contribution in [1.82, 2.24) is 14.9 Å². The van der Waals surface area contributed by atoms with Crippen LogP contribution >= 0.6 is 11.8 Å². The molecule has 1 amide bonds. The number of aromatic nitrogens is 2.